The molecule has 3 rings (SSSR count). The second kappa shape index (κ2) is 5.94. The fraction of sp³-hybridized carbons (Fsp3) is 0.810. The number of Topliss-reactive ketones (excluding diaryl/α,β-unsaturated/α-hetero) is 1. The molecule has 0 amide bonds. The van der Waals surface area contributed by atoms with Crippen LogP contribution in [-0.4, -0.2) is 29.6 Å². The number of fused-ring (bicyclic) bond motifs is 3. The minimum Gasteiger partial charge on any atom is -0.469 e. The zero-order valence-electron chi connectivity index (χ0n) is 16.2. The maximum absolute atomic E-state index is 12.7. The number of ketones is 1. The molecule has 0 aromatic rings. The van der Waals surface area contributed by atoms with Crippen LogP contribution < -0.4 is 0 Å². The van der Waals surface area contributed by atoms with Gasteiger partial charge < -0.3 is 9.84 Å². The third-order valence-corrected chi connectivity index (χ3v) is 7.60. The fourth-order valence-corrected chi connectivity index (χ4v) is 6.30. The van der Waals surface area contributed by atoms with E-state index in [0.717, 1.165) is 31.3 Å². The largest absolute Gasteiger partial charge is 0.469 e. The van der Waals surface area contributed by atoms with Gasteiger partial charge in [0.25, 0.3) is 0 Å². The second-order valence-corrected chi connectivity index (χ2v) is 9.29. The van der Waals surface area contributed by atoms with Gasteiger partial charge in [0.2, 0.25) is 0 Å². The number of rotatable bonds is 2. The van der Waals surface area contributed by atoms with Gasteiger partial charge in [-0.1, -0.05) is 27.2 Å². The Kier molecular flexibility index (Phi) is 4.42. The van der Waals surface area contributed by atoms with Crippen LogP contribution in [0, 0.1) is 28.6 Å². The summed E-state index contributed by atoms with van der Waals surface area (Å²) in [5, 5.41) is 11.5. The highest BCUT2D eigenvalue weighted by Gasteiger charge is 2.63. The Labute approximate surface area is 151 Å². The summed E-state index contributed by atoms with van der Waals surface area (Å²) in [6.07, 6.45) is 6.38. The molecule has 0 aromatic heterocycles. The van der Waals surface area contributed by atoms with Crippen molar-refractivity contribution in [1.29, 1.82) is 0 Å². The Morgan fingerprint density at radius 3 is 2.52 bits per heavy atom. The van der Waals surface area contributed by atoms with Gasteiger partial charge in [0.1, 0.15) is 0 Å². The van der Waals surface area contributed by atoms with E-state index in [1.54, 1.807) is 0 Å². The number of hydrogen-bond donors (Lipinski definition) is 1. The van der Waals surface area contributed by atoms with E-state index in [9.17, 15) is 14.7 Å². The molecule has 1 N–H and O–H groups in total. The molecule has 25 heavy (non-hydrogen) atoms. The average Bonchev–Trinajstić information content (AvgIpc) is 2.54. The number of ether oxygens (including phenoxy) is 1. The lowest BCUT2D eigenvalue weighted by atomic mass is 9.43. The number of methoxy groups -OCH3 is 1. The first kappa shape index (κ1) is 18.6. The van der Waals surface area contributed by atoms with E-state index in [-0.39, 0.29) is 34.9 Å². The molecule has 4 heteroatoms. The highest BCUT2D eigenvalue weighted by Crippen LogP contribution is 2.64. The number of carbonyl (C=O) groups excluding carboxylic acids is 2. The van der Waals surface area contributed by atoms with Crippen molar-refractivity contribution in [1.82, 2.24) is 0 Å². The summed E-state index contributed by atoms with van der Waals surface area (Å²) >= 11 is 0. The first-order valence-corrected chi connectivity index (χ1v) is 9.65. The molecular weight excluding hydrogens is 316 g/mol. The van der Waals surface area contributed by atoms with Crippen LogP contribution in [0.25, 0.3) is 0 Å². The van der Waals surface area contributed by atoms with Crippen molar-refractivity contribution in [2.45, 2.75) is 71.8 Å². The van der Waals surface area contributed by atoms with Crippen molar-refractivity contribution in [3.05, 3.63) is 11.6 Å². The molecule has 0 heterocycles. The zero-order valence-corrected chi connectivity index (χ0v) is 16.2. The molecule has 0 aromatic carbocycles. The van der Waals surface area contributed by atoms with Gasteiger partial charge in [-0.05, 0) is 61.5 Å². The van der Waals surface area contributed by atoms with Gasteiger partial charge in [-0.15, -0.1) is 0 Å². The van der Waals surface area contributed by atoms with Crippen LogP contribution >= 0.6 is 0 Å². The van der Waals surface area contributed by atoms with Gasteiger partial charge >= 0.3 is 5.97 Å². The summed E-state index contributed by atoms with van der Waals surface area (Å²) in [6, 6.07) is 0. The normalized spacial score (nSPS) is 44.0. The highest BCUT2D eigenvalue weighted by molar-refractivity contribution is 5.97. The molecule has 0 radical (unpaired) electrons. The summed E-state index contributed by atoms with van der Waals surface area (Å²) in [4.78, 5) is 25.3. The monoisotopic (exact) mass is 348 g/mol. The fourth-order valence-electron chi connectivity index (χ4n) is 6.30. The Morgan fingerprint density at radius 2 is 1.92 bits per heavy atom. The van der Waals surface area contributed by atoms with Crippen LogP contribution in [0.4, 0.5) is 0 Å². The smallest absolute Gasteiger partial charge is 0.311 e. The minimum absolute atomic E-state index is 0.113. The molecule has 0 saturated heterocycles. The van der Waals surface area contributed by atoms with E-state index in [1.165, 1.54) is 7.11 Å². The van der Waals surface area contributed by atoms with Crippen LogP contribution in [0.1, 0.15) is 66.2 Å². The third-order valence-electron chi connectivity index (χ3n) is 7.60. The molecule has 0 bridgehead atoms. The van der Waals surface area contributed by atoms with Gasteiger partial charge in [0, 0.05) is 12.3 Å². The molecule has 3 aliphatic carbocycles. The molecule has 2 fully saturated rings. The number of aliphatic hydroxyl groups is 1. The summed E-state index contributed by atoms with van der Waals surface area (Å²) in [5.74, 6) is 0.187. The molecule has 0 unspecified atom stereocenters. The van der Waals surface area contributed by atoms with Crippen LogP contribution in [0.2, 0.25) is 0 Å². The first-order chi connectivity index (χ1) is 11.6. The van der Waals surface area contributed by atoms with E-state index < -0.39 is 11.0 Å². The molecule has 0 aliphatic heterocycles. The molecule has 0 spiro atoms. The zero-order chi connectivity index (χ0) is 18.6. The van der Waals surface area contributed by atoms with Gasteiger partial charge in [-0.25, -0.2) is 0 Å². The number of allylic oxidation sites excluding steroid dienone is 1. The van der Waals surface area contributed by atoms with E-state index >= 15 is 0 Å². The summed E-state index contributed by atoms with van der Waals surface area (Å²) in [6.45, 7) is 8.23. The van der Waals surface area contributed by atoms with E-state index in [1.807, 2.05) is 26.8 Å². The van der Waals surface area contributed by atoms with Crippen molar-refractivity contribution in [2.75, 3.05) is 7.11 Å². The van der Waals surface area contributed by atoms with Crippen molar-refractivity contribution in [2.24, 2.45) is 28.6 Å². The molecular formula is C21H32O4. The van der Waals surface area contributed by atoms with Crippen LogP contribution in [0.3, 0.4) is 0 Å². The Morgan fingerprint density at radius 1 is 1.24 bits per heavy atom. The molecule has 4 nitrogen and oxygen atoms in total. The van der Waals surface area contributed by atoms with Crippen molar-refractivity contribution >= 4 is 11.8 Å². The predicted octanol–water partition coefficient (Wildman–Crippen LogP) is 3.67. The van der Waals surface area contributed by atoms with E-state index in [4.69, 9.17) is 4.74 Å². The Hall–Kier alpha value is -1.16. The topological polar surface area (TPSA) is 63.6 Å². The van der Waals surface area contributed by atoms with Crippen LogP contribution in [0.15, 0.2) is 11.6 Å². The lowest BCUT2D eigenvalue weighted by Gasteiger charge is -2.61. The number of hydrogen-bond acceptors (Lipinski definition) is 4. The van der Waals surface area contributed by atoms with Crippen molar-refractivity contribution < 1.29 is 19.4 Å². The van der Waals surface area contributed by atoms with Gasteiger partial charge in [-0.2, -0.15) is 0 Å². The summed E-state index contributed by atoms with van der Waals surface area (Å²) < 4.78 is 5.14. The Balaban J connectivity index is 2.04. The third kappa shape index (κ3) is 2.59. The first-order valence-electron chi connectivity index (χ1n) is 9.65. The molecule has 3 aliphatic rings. The second-order valence-electron chi connectivity index (χ2n) is 9.29. The van der Waals surface area contributed by atoms with Crippen molar-refractivity contribution in [3.8, 4) is 0 Å². The number of esters is 1. The highest BCUT2D eigenvalue weighted by atomic mass is 16.5. The molecule has 2 saturated carbocycles. The maximum atomic E-state index is 12.7. The average molecular weight is 348 g/mol. The molecule has 140 valence electrons. The minimum atomic E-state index is -0.923. The van der Waals surface area contributed by atoms with Crippen LogP contribution in [-0.2, 0) is 14.3 Å². The van der Waals surface area contributed by atoms with Crippen LogP contribution in [0.5, 0.6) is 0 Å². The van der Waals surface area contributed by atoms with Gasteiger partial charge in [0.05, 0.1) is 18.1 Å². The maximum Gasteiger partial charge on any atom is 0.311 e. The summed E-state index contributed by atoms with van der Waals surface area (Å²) in [7, 11) is 1.46. The van der Waals surface area contributed by atoms with Gasteiger partial charge in [-0.3, -0.25) is 9.59 Å². The van der Waals surface area contributed by atoms with Gasteiger partial charge in [0.15, 0.2) is 5.78 Å². The van der Waals surface area contributed by atoms with E-state index in [2.05, 4.69) is 6.92 Å². The number of carbonyl (C=O) groups is 2. The lowest BCUT2D eigenvalue weighted by molar-refractivity contribution is -0.189. The van der Waals surface area contributed by atoms with Crippen molar-refractivity contribution in [3.63, 3.8) is 0 Å². The SMILES string of the molecule is COC(=O)[C@@]1(C)CCC[C@]2(C)[C@H]3CC(=O)C(C(C)C)=C[C@@]3(O)CC[C@H]21. The Bertz CT molecular complexity index is 621. The standard InChI is InChI=1S/C21H32O4/c1-13(2)14-12-21(24)10-7-16-19(3,17(21)11-15(14)22)8-6-9-20(16,4)18(23)25-5/h12-13,16-17,24H,6-11H2,1-5H3/t16-,17-,19+,20+,21+/m1/s1. The summed E-state index contributed by atoms with van der Waals surface area (Å²) in [5.41, 5.74) is -0.892. The lowest BCUT2D eigenvalue weighted by Crippen LogP contribution is -2.61. The quantitative estimate of drug-likeness (QED) is 0.774. The van der Waals surface area contributed by atoms with E-state index in [0.29, 0.717) is 12.8 Å². The molecule has 5 atom stereocenters. The predicted molar refractivity (Wildman–Crippen MR) is 95.8 cm³/mol.